The van der Waals surface area contributed by atoms with Crippen molar-refractivity contribution in [2.75, 3.05) is 13.2 Å². The summed E-state index contributed by atoms with van der Waals surface area (Å²) in [6, 6.07) is 9.07. The number of amides is 1. The zero-order valence-corrected chi connectivity index (χ0v) is 23.2. The van der Waals surface area contributed by atoms with E-state index < -0.39 is 23.7 Å². The van der Waals surface area contributed by atoms with E-state index in [1.807, 2.05) is 13.8 Å². The van der Waals surface area contributed by atoms with Gasteiger partial charge in [-0.2, -0.15) is 0 Å². The van der Waals surface area contributed by atoms with Crippen molar-refractivity contribution in [3.8, 4) is 28.4 Å². The van der Waals surface area contributed by atoms with Crippen LogP contribution in [0, 0.1) is 12.8 Å². The second-order valence-electron chi connectivity index (χ2n) is 11.0. The summed E-state index contributed by atoms with van der Waals surface area (Å²) in [5.74, 6) is 1.30. The summed E-state index contributed by atoms with van der Waals surface area (Å²) in [7, 11) is 0. The second-order valence-corrected chi connectivity index (χ2v) is 11.0. The molecule has 9 nitrogen and oxygen atoms in total. The first kappa shape index (κ1) is 28.0. The van der Waals surface area contributed by atoms with E-state index in [2.05, 4.69) is 5.32 Å². The zero-order chi connectivity index (χ0) is 28.3. The Morgan fingerprint density at radius 1 is 1.03 bits per heavy atom. The Morgan fingerprint density at radius 3 is 2.44 bits per heavy atom. The molecule has 208 valence electrons. The number of nitrogens with one attached hydrogen (secondary N) is 1. The summed E-state index contributed by atoms with van der Waals surface area (Å²) in [5, 5.41) is 2.94. The molecule has 0 saturated carbocycles. The first-order chi connectivity index (χ1) is 18.4. The molecule has 1 aliphatic heterocycles. The number of hydrogen-bond donors (Lipinski definition) is 1. The van der Waals surface area contributed by atoms with Crippen LogP contribution in [0.2, 0.25) is 0 Å². The molecule has 0 unspecified atom stereocenters. The maximum atomic E-state index is 13.5. The molecule has 2 aromatic carbocycles. The molecule has 1 atom stereocenters. The Bertz CT molecular complexity index is 1430. The first-order valence-electron chi connectivity index (χ1n) is 13.1. The van der Waals surface area contributed by atoms with E-state index in [1.165, 1.54) is 12.1 Å². The Morgan fingerprint density at radius 2 is 1.74 bits per heavy atom. The maximum Gasteiger partial charge on any atom is 0.408 e. The minimum Gasteiger partial charge on any atom is -0.490 e. The minimum atomic E-state index is -0.911. The number of aryl methyl sites for hydroxylation is 1. The predicted octanol–water partition coefficient (Wildman–Crippen LogP) is 5.77. The number of alkyl carbamates (subject to hydrolysis) is 1. The molecular weight excluding hydrogens is 502 g/mol. The SMILES string of the molecule is Cc1oc2cc(OC(=O)[C@@H](CC(C)C)NC(=O)OC(C)(C)C)ccc2c(=O)c1-c1ccc2c(c1)OCCCO2. The summed E-state index contributed by atoms with van der Waals surface area (Å²) in [4.78, 5) is 38.8. The fourth-order valence-electron chi connectivity index (χ4n) is 4.32. The molecule has 39 heavy (non-hydrogen) atoms. The Balaban J connectivity index is 1.59. The van der Waals surface area contributed by atoms with Gasteiger partial charge >= 0.3 is 12.1 Å². The quantitative estimate of drug-likeness (QED) is 0.311. The van der Waals surface area contributed by atoms with Crippen LogP contribution in [0.25, 0.3) is 22.1 Å². The number of carbonyl (C=O) groups is 2. The highest BCUT2D eigenvalue weighted by Gasteiger charge is 2.27. The molecule has 2 heterocycles. The molecule has 0 aliphatic carbocycles. The lowest BCUT2D eigenvalue weighted by Crippen LogP contribution is -2.45. The van der Waals surface area contributed by atoms with E-state index in [-0.39, 0.29) is 22.7 Å². The lowest BCUT2D eigenvalue weighted by atomic mass is 10.0. The smallest absolute Gasteiger partial charge is 0.408 e. The fraction of sp³-hybridized carbons (Fsp3) is 0.433. The Labute approximate surface area is 227 Å². The lowest BCUT2D eigenvalue weighted by Gasteiger charge is -2.23. The number of esters is 1. The van der Waals surface area contributed by atoms with Gasteiger partial charge in [-0.05, 0) is 69.9 Å². The van der Waals surface area contributed by atoms with E-state index in [9.17, 15) is 14.4 Å². The van der Waals surface area contributed by atoms with E-state index in [0.29, 0.717) is 53.4 Å². The third-order valence-corrected chi connectivity index (χ3v) is 5.98. The number of rotatable bonds is 6. The average Bonchev–Trinajstić information content (AvgIpc) is 3.07. The average molecular weight is 538 g/mol. The van der Waals surface area contributed by atoms with Gasteiger partial charge in [0.1, 0.15) is 28.7 Å². The van der Waals surface area contributed by atoms with Crippen molar-refractivity contribution < 1.29 is 33.0 Å². The highest BCUT2D eigenvalue weighted by Crippen LogP contribution is 2.35. The van der Waals surface area contributed by atoms with Gasteiger partial charge in [0.05, 0.1) is 24.2 Å². The number of fused-ring (bicyclic) bond motifs is 2. The van der Waals surface area contributed by atoms with Gasteiger partial charge < -0.3 is 28.7 Å². The molecule has 0 saturated heterocycles. The normalized spacial score (nSPS) is 14.0. The summed E-state index contributed by atoms with van der Waals surface area (Å²) in [6.07, 6.45) is 0.440. The van der Waals surface area contributed by atoms with Gasteiger partial charge in [-0.15, -0.1) is 0 Å². The lowest BCUT2D eigenvalue weighted by molar-refractivity contribution is -0.137. The topological polar surface area (TPSA) is 113 Å². The van der Waals surface area contributed by atoms with Gasteiger partial charge in [0.2, 0.25) is 5.43 Å². The molecule has 0 bridgehead atoms. The molecule has 3 aromatic rings. The van der Waals surface area contributed by atoms with Crippen LogP contribution in [0.15, 0.2) is 45.6 Å². The summed E-state index contributed by atoms with van der Waals surface area (Å²) < 4.78 is 28.4. The summed E-state index contributed by atoms with van der Waals surface area (Å²) in [5.41, 5.74) is 0.434. The molecule has 0 fully saturated rings. The molecule has 9 heteroatoms. The van der Waals surface area contributed by atoms with E-state index in [4.69, 9.17) is 23.4 Å². The fourth-order valence-corrected chi connectivity index (χ4v) is 4.32. The van der Waals surface area contributed by atoms with Crippen molar-refractivity contribution in [2.24, 2.45) is 5.92 Å². The van der Waals surface area contributed by atoms with E-state index >= 15 is 0 Å². The molecule has 1 N–H and O–H groups in total. The van der Waals surface area contributed by atoms with Crippen molar-refractivity contribution in [3.63, 3.8) is 0 Å². The van der Waals surface area contributed by atoms with Gasteiger partial charge in [0, 0.05) is 12.5 Å². The first-order valence-corrected chi connectivity index (χ1v) is 13.1. The number of ether oxygens (including phenoxy) is 4. The maximum absolute atomic E-state index is 13.5. The van der Waals surface area contributed by atoms with Crippen LogP contribution in [0.4, 0.5) is 4.79 Å². The van der Waals surface area contributed by atoms with Gasteiger partial charge in [-0.1, -0.05) is 19.9 Å². The molecule has 1 aromatic heterocycles. The molecule has 0 radical (unpaired) electrons. The minimum absolute atomic E-state index is 0.109. The highest BCUT2D eigenvalue weighted by atomic mass is 16.6. The highest BCUT2D eigenvalue weighted by molar-refractivity contribution is 5.86. The van der Waals surface area contributed by atoms with Crippen LogP contribution in [0.3, 0.4) is 0 Å². The standard InChI is InChI=1S/C30H35NO8/c1-17(2)14-22(31-29(34)39-30(4,5)6)28(33)38-20-9-10-21-24(16-20)37-18(3)26(27(21)32)19-8-11-23-25(15-19)36-13-7-12-35-23/h8-11,15-17,22H,7,12-14H2,1-6H3,(H,31,34)/t22-/m1/s1. The largest absolute Gasteiger partial charge is 0.490 e. The van der Waals surface area contributed by atoms with Crippen LogP contribution in [-0.2, 0) is 9.53 Å². The van der Waals surface area contributed by atoms with Gasteiger partial charge in [-0.25, -0.2) is 9.59 Å². The van der Waals surface area contributed by atoms with E-state index in [0.717, 1.165) is 6.42 Å². The van der Waals surface area contributed by atoms with Crippen molar-refractivity contribution >= 4 is 23.0 Å². The second kappa shape index (κ2) is 11.4. The molecule has 4 rings (SSSR count). The predicted molar refractivity (Wildman–Crippen MR) is 147 cm³/mol. The molecule has 1 aliphatic rings. The van der Waals surface area contributed by atoms with Crippen LogP contribution in [0.1, 0.15) is 53.2 Å². The van der Waals surface area contributed by atoms with Gasteiger partial charge in [-0.3, -0.25) is 4.79 Å². The Hall–Kier alpha value is -4.01. The van der Waals surface area contributed by atoms with Gasteiger partial charge in [0.25, 0.3) is 0 Å². The van der Waals surface area contributed by atoms with Crippen LogP contribution in [0.5, 0.6) is 17.2 Å². The van der Waals surface area contributed by atoms with Crippen molar-refractivity contribution in [2.45, 2.75) is 66.0 Å². The van der Waals surface area contributed by atoms with Crippen molar-refractivity contribution in [1.29, 1.82) is 0 Å². The number of hydrogen-bond acceptors (Lipinski definition) is 8. The Kier molecular flexibility index (Phi) is 8.18. The number of carbonyl (C=O) groups excluding carboxylic acids is 2. The molecule has 0 spiro atoms. The van der Waals surface area contributed by atoms with Gasteiger partial charge in [0.15, 0.2) is 11.5 Å². The summed E-state index contributed by atoms with van der Waals surface area (Å²) >= 11 is 0. The van der Waals surface area contributed by atoms with Crippen LogP contribution in [-0.4, -0.2) is 36.9 Å². The van der Waals surface area contributed by atoms with Crippen molar-refractivity contribution in [3.05, 3.63) is 52.4 Å². The zero-order valence-electron chi connectivity index (χ0n) is 23.2. The molecular formula is C30H35NO8. The monoisotopic (exact) mass is 537 g/mol. The molecule has 1 amide bonds. The summed E-state index contributed by atoms with van der Waals surface area (Å²) in [6.45, 7) is 11.9. The third-order valence-electron chi connectivity index (χ3n) is 5.98. The van der Waals surface area contributed by atoms with Crippen molar-refractivity contribution in [1.82, 2.24) is 5.32 Å². The van der Waals surface area contributed by atoms with Crippen LogP contribution < -0.4 is 25.0 Å². The number of benzene rings is 2. The third kappa shape index (κ3) is 6.90. The van der Waals surface area contributed by atoms with Crippen LogP contribution >= 0.6 is 0 Å². The van der Waals surface area contributed by atoms with E-state index in [1.54, 1.807) is 52.0 Å².